The van der Waals surface area contributed by atoms with Gasteiger partial charge in [-0.1, -0.05) is 36.4 Å². The number of aryl methyl sites for hydroxylation is 1. The van der Waals surface area contributed by atoms with Gasteiger partial charge in [-0.05, 0) is 44.5 Å². The fraction of sp³-hybridized carbons (Fsp3) is 0.300. The molecule has 7 heteroatoms. The van der Waals surface area contributed by atoms with Crippen LogP contribution in [0.4, 0.5) is 5.69 Å². The quantitative estimate of drug-likeness (QED) is 0.622. The molecule has 2 aromatic heterocycles. The van der Waals surface area contributed by atoms with E-state index in [2.05, 4.69) is 20.5 Å². The summed E-state index contributed by atoms with van der Waals surface area (Å²) in [6.45, 7) is 6.80. The Balaban J connectivity index is 1.77. The third kappa shape index (κ3) is 4.54. The number of hydrogen-bond acceptors (Lipinski definition) is 5. The number of amides is 1. The van der Waals surface area contributed by atoms with Crippen LogP contribution < -0.4 is 5.32 Å². The van der Waals surface area contributed by atoms with Crippen molar-refractivity contribution in [3.63, 3.8) is 0 Å². The Labute approximate surface area is 163 Å². The van der Waals surface area contributed by atoms with Crippen LogP contribution in [0.15, 0.2) is 53.9 Å². The van der Waals surface area contributed by atoms with Crippen molar-refractivity contribution in [3.8, 4) is 11.4 Å². The highest BCUT2D eigenvalue weighted by molar-refractivity contribution is 8.00. The van der Waals surface area contributed by atoms with Crippen molar-refractivity contribution in [1.29, 1.82) is 0 Å². The SMILES string of the molecule is CCC(Sc1nnc(-c2ccncc2)n1CC)C(=O)Nc1ccc(C)cc1. The van der Waals surface area contributed by atoms with Crippen molar-refractivity contribution in [2.24, 2.45) is 0 Å². The minimum absolute atomic E-state index is 0.0255. The Bertz CT molecular complexity index is 892. The number of aromatic nitrogens is 4. The van der Waals surface area contributed by atoms with Gasteiger partial charge in [-0.25, -0.2) is 0 Å². The van der Waals surface area contributed by atoms with Crippen LogP contribution in [-0.2, 0) is 11.3 Å². The minimum atomic E-state index is -0.244. The van der Waals surface area contributed by atoms with Crippen molar-refractivity contribution in [3.05, 3.63) is 54.4 Å². The van der Waals surface area contributed by atoms with Crippen LogP contribution in [0.2, 0.25) is 0 Å². The summed E-state index contributed by atoms with van der Waals surface area (Å²) in [5, 5.41) is 12.2. The Morgan fingerprint density at radius 3 is 2.44 bits per heavy atom. The average Bonchev–Trinajstić information content (AvgIpc) is 3.11. The van der Waals surface area contributed by atoms with Gasteiger partial charge in [0.15, 0.2) is 11.0 Å². The van der Waals surface area contributed by atoms with E-state index in [0.717, 1.165) is 34.3 Å². The summed E-state index contributed by atoms with van der Waals surface area (Å²) in [5.74, 6) is 0.763. The highest BCUT2D eigenvalue weighted by atomic mass is 32.2. The van der Waals surface area contributed by atoms with Crippen molar-refractivity contribution in [1.82, 2.24) is 19.7 Å². The number of thioether (sulfide) groups is 1. The predicted molar refractivity (Wildman–Crippen MR) is 109 cm³/mol. The predicted octanol–water partition coefficient (Wildman–Crippen LogP) is 4.18. The second kappa shape index (κ2) is 8.81. The van der Waals surface area contributed by atoms with Gasteiger partial charge in [0, 0.05) is 30.2 Å². The van der Waals surface area contributed by atoms with Crippen LogP contribution in [0.25, 0.3) is 11.4 Å². The number of hydrogen-bond donors (Lipinski definition) is 1. The van der Waals surface area contributed by atoms with Crippen LogP contribution in [0, 0.1) is 6.92 Å². The highest BCUT2D eigenvalue weighted by Gasteiger charge is 2.22. The van der Waals surface area contributed by atoms with Crippen molar-refractivity contribution < 1.29 is 4.79 Å². The van der Waals surface area contributed by atoms with E-state index in [4.69, 9.17) is 0 Å². The molecule has 3 aromatic rings. The van der Waals surface area contributed by atoms with Crippen molar-refractivity contribution in [2.75, 3.05) is 5.32 Å². The first-order valence-electron chi connectivity index (χ1n) is 9.00. The lowest BCUT2D eigenvalue weighted by atomic mass is 10.2. The minimum Gasteiger partial charge on any atom is -0.325 e. The smallest absolute Gasteiger partial charge is 0.237 e. The van der Waals surface area contributed by atoms with E-state index in [0.29, 0.717) is 6.42 Å². The Hall–Kier alpha value is -2.67. The molecule has 0 aliphatic rings. The zero-order chi connectivity index (χ0) is 19.2. The molecule has 1 aromatic carbocycles. The molecule has 140 valence electrons. The first-order chi connectivity index (χ1) is 13.1. The molecule has 0 saturated heterocycles. The number of carbonyl (C=O) groups excluding carboxylic acids is 1. The van der Waals surface area contributed by atoms with Gasteiger partial charge in [0.1, 0.15) is 0 Å². The standard InChI is InChI=1S/C20H23N5OS/c1-4-17(19(26)22-16-8-6-14(3)7-9-16)27-20-24-23-18(25(20)5-2)15-10-12-21-13-11-15/h6-13,17H,4-5H2,1-3H3,(H,22,26). The monoisotopic (exact) mass is 381 g/mol. The van der Waals surface area contributed by atoms with Crippen molar-refractivity contribution >= 4 is 23.4 Å². The fourth-order valence-electron chi connectivity index (χ4n) is 2.68. The summed E-state index contributed by atoms with van der Waals surface area (Å²) in [6, 6.07) is 11.6. The van der Waals surface area contributed by atoms with Gasteiger partial charge < -0.3 is 9.88 Å². The van der Waals surface area contributed by atoms with Gasteiger partial charge in [-0.15, -0.1) is 10.2 Å². The number of anilines is 1. The first-order valence-corrected chi connectivity index (χ1v) is 9.88. The molecule has 0 fully saturated rings. The van der Waals surface area contributed by atoms with E-state index in [1.807, 2.05) is 61.7 Å². The Morgan fingerprint density at radius 2 is 1.81 bits per heavy atom. The summed E-state index contributed by atoms with van der Waals surface area (Å²) in [5.41, 5.74) is 2.93. The molecule has 1 N–H and O–H groups in total. The van der Waals surface area contributed by atoms with E-state index in [-0.39, 0.29) is 11.2 Å². The maximum atomic E-state index is 12.7. The molecule has 27 heavy (non-hydrogen) atoms. The lowest BCUT2D eigenvalue weighted by Gasteiger charge is -2.15. The highest BCUT2D eigenvalue weighted by Crippen LogP contribution is 2.28. The summed E-state index contributed by atoms with van der Waals surface area (Å²) in [4.78, 5) is 16.8. The lowest BCUT2D eigenvalue weighted by Crippen LogP contribution is -2.25. The molecule has 1 amide bonds. The zero-order valence-corrected chi connectivity index (χ0v) is 16.5. The number of pyridine rings is 1. The average molecular weight is 382 g/mol. The molecule has 0 saturated carbocycles. The van der Waals surface area contributed by atoms with Gasteiger partial charge in [-0.2, -0.15) is 0 Å². The summed E-state index contributed by atoms with van der Waals surface area (Å²) >= 11 is 1.45. The lowest BCUT2D eigenvalue weighted by molar-refractivity contribution is -0.115. The summed E-state index contributed by atoms with van der Waals surface area (Å²) in [6.07, 6.45) is 4.17. The van der Waals surface area contributed by atoms with E-state index in [1.54, 1.807) is 12.4 Å². The largest absolute Gasteiger partial charge is 0.325 e. The van der Waals surface area contributed by atoms with Crippen LogP contribution in [0.5, 0.6) is 0 Å². The van der Waals surface area contributed by atoms with E-state index in [1.165, 1.54) is 11.8 Å². The number of benzene rings is 1. The molecule has 0 radical (unpaired) electrons. The van der Waals surface area contributed by atoms with Gasteiger partial charge in [0.25, 0.3) is 0 Å². The van der Waals surface area contributed by atoms with Crippen LogP contribution >= 0.6 is 11.8 Å². The third-order valence-corrected chi connectivity index (χ3v) is 5.55. The fourth-order valence-corrected chi connectivity index (χ4v) is 3.70. The van der Waals surface area contributed by atoms with E-state index >= 15 is 0 Å². The Kier molecular flexibility index (Phi) is 6.24. The molecule has 0 spiro atoms. The molecule has 1 unspecified atom stereocenters. The van der Waals surface area contributed by atoms with Crippen LogP contribution in [0.1, 0.15) is 25.8 Å². The van der Waals surface area contributed by atoms with Gasteiger partial charge in [0.2, 0.25) is 5.91 Å². The molecule has 3 rings (SSSR count). The molecule has 0 aliphatic carbocycles. The third-order valence-electron chi connectivity index (χ3n) is 4.20. The van der Waals surface area contributed by atoms with Gasteiger partial charge in [-0.3, -0.25) is 9.78 Å². The molecule has 2 heterocycles. The zero-order valence-electron chi connectivity index (χ0n) is 15.7. The first kappa shape index (κ1) is 19.1. The molecular formula is C20H23N5OS. The molecule has 1 atom stereocenters. The van der Waals surface area contributed by atoms with Crippen molar-refractivity contribution in [2.45, 2.75) is 44.1 Å². The second-order valence-corrected chi connectivity index (χ2v) is 7.33. The topological polar surface area (TPSA) is 72.7 Å². The molecule has 6 nitrogen and oxygen atoms in total. The number of nitrogens with zero attached hydrogens (tertiary/aromatic N) is 4. The van der Waals surface area contributed by atoms with Gasteiger partial charge in [0.05, 0.1) is 5.25 Å². The number of carbonyl (C=O) groups is 1. The van der Waals surface area contributed by atoms with Crippen LogP contribution in [-0.4, -0.2) is 30.9 Å². The maximum absolute atomic E-state index is 12.7. The number of nitrogens with one attached hydrogen (secondary N) is 1. The molecular weight excluding hydrogens is 358 g/mol. The molecule has 0 aliphatic heterocycles. The van der Waals surface area contributed by atoms with E-state index in [9.17, 15) is 4.79 Å². The summed E-state index contributed by atoms with van der Waals surface area (Å²) < 4.78 is 2.03. The normalized spacial score (nSPS) is 12.0. The van der Waals surface area contributed by atoms with Gasteiger partial charge >= 0.3 is 0 Å². The second-order valence-electron chi connectivity index (χ2n) is 6.16. The maximum Gasteiger partial charge on any atom is 0.237 e. The van der Waals surface area contributed by atoms with Crippen LogP contribution in [0.3, 0.4) is 0 Å². The summed E-state index contributed by atoms with van der Waals surface area (Å²) in [7, 11) is 0. The Morgan fingerprint density at radius 1 is 1.11 bits per heavy atom. The van der Waals surface area contributed by atoms with E-state index < -0.39 is 0 Å². The molecule has 0 bridgehead atoms. The number of rotatable bonds is 7.